The maximum absolute atomic E-state index is 11.9. The number of likely N-dealkylation sites (tertiary alicyclic amines) is 1. The molecule has 1 fully saturated rings. The topological polar surface area (TPSA) is 58.6 Å². The highest BCUT2D eigenvalue weighted by molar-refractivity contribution is 5.73. The van der Waals surface area contributed by atoms with Crippen LogP contribution in [0, 0.1) is 0 Å². The Hall–Kier alpha value is -1.47. The second-order valence-electron chi connectivity index (χ2n) is 4.16. The van der Waals surface area contributed by atoms with Gasteiger partial charge in [-0.05, 0) is 12.8 Å². The maximum atomic E-state index is 11.9. The third-order valence-corrected chi connectivity index (χ3v) is 2.45. The first-order valence-corrected chi connectivity index (χ1v) is 5.53. The number of hydrogen-bond donors (Lipinski definition) is 1. The van der Waals surface area contributed by atoms with Crippen molar-refractivity contribution in [2.24, 2.45) is 0 Å². The molecule has 0 bridgehead atoms. The molecule has 0 radical (unpaired) electrons. The van der Waals surface area contributed by atoms with E-state index in [9.17, 15) is 22.8 Å². The summed E-state index contributed by atoms with van der Waals surface area (Å²) in [6.07, 6.45) is -4.21. The van der Waals surface area contributed by atoms with E-state index in [2.05, 4.69) is 10.1 Å². The minimum Gasteiger partial charge on any atom is -0.440 e. The predicted octanol–water partition coefficient (Wildman–Crippen LogP) is 1.29. The van der Waals surface area contributed by atoms with Crippen LogP contribution in [0.1, 0.15) is 19.8 Å². The lowest BCUT2D eigenvalue weighted by molar-refractivity contribution is -0.162. The molecule has 104 valence electrons. The fourth-order valence-corrected chi connectivity index (χ4v) is 1.78. The Morgan fingerprint density at radius 1 is 1.44 bits per heavy atom. The van der Waals surface area contributed by atoms with Crippen LogP contribution in [0.4, 0.5) is 18.0 Å². The number of hydrogen-bond acceptors (Lipinski definition) is 3. The van der Waals surface area contributed by atoms with Gasteiger partial charge in [-0.3, -0.25) is 4.79 Å². The van der Waals surface area contributed by atoms with E-state index in [0.29, 0.717) is 19.4 Å². The fourth-order valence-electron chi connectivity index (χ4n) is 1.78. The molecule has 5 nitrogen and oxygen atoms in total. The Kier molecular flexibility index (Phi) is 4.80. The summed E-state index contributed by atoms with van der Waals surface area (Å²) in [6.45, 7) is 0.275. The van der Waals surface area contributed by atoms with Gasteiger partial charge in [-0.25, -0.2) is 4.79 Å². The summed E-state index contributed by atoms with van der Waals surface area (Å²) in [7, 11) is 0. The molecule has 1 atom stereocenters. The van der Waals surface area contributed by atoms with Gasteiger partial charge in [0.2, 0.25) is 5.91 Å². The van der Waals surface area contributed by atoms with Gasteiger partial charge in [0.1, 0.15) is 0 Å². The smallest absolute Gasteiger partial charge is 0.422 e. The summed E-state index contributed by atoms with van der Waals surface area (Å²) in [5, 5.41) is 2.63. The van der Waals surface area contributed by atoms with Crippen molar-refractivity contribution in [1.82, 2.24) is 10.2 Å². The SMILES string of the molecule is CC(=O)NC1CCCN(C(=O)OCC(F)(F)F)C1. The summed E-state index contributed by atoms with van der Waals surface area (Å²) >= 11 is 0. The zero-order chi connectivity index (χ0) is 13.8. The molecule has 1 heterocycles. The highest BCUT2D eigenvalue weighted by Gasteiger charge is 2.32. The third kappa shape index (κ3) is 5.24. The molecule has 1 aliphatic rings. The van der Waals surface area contributed by atoms with Crippen LogP contribution in [0.5, 0.6) is 0 Å². The number of ether oxygens (including phenoxy) is 1. The van der Waals surface area contributed by atoms with E-state index >= 15 is 0 Å². The van der Waals surface area contributed by atoms with Crippen LogP contribution in [0.3, 0.4) is 0 Å². The second kappa shape index (κ2) is 5.92. The molecule has 1 N–H and O–H groups in total. The molecule has 0 aromatic rings. The lowest BCUT2D eigenvalue weighted by Gasteiger charge is -2.32. The van der Waals surface area contributed by atoms with Crippen molar-refractivity contribution in [3.8, 4) is 0 Å². The van der Waals surface area contributed by atoms with Gasteiger partial charge in [0, 0.05) is 26.1 Å². The molecule has 2 amide bonds. The van der Waals surface area contributed by atoms with Crippen LogP contribution in [0.2, 0.25) is 0 Å². The van der Waals surface area contributed by atoms with Gasteiger partial charge in [-0.1, -0.05) is 0 Å². The third-order valence-electron chi connectivity index (χ3n) is 2.45. The van der Waals surface area contributed by atoms with Crippen molar-refractivity contribution in [3.63, 3.8) is 0 Å². The minimum atomic E-state index is -4.53. The quantitative estimate of drug-likeness (QED) is 0.821. The van der Waals surface area contributed by atoms with E-state index in [0.717, 1.165) is 0 Å². The van der Waals surface area contributed by atoms with Crippen LogP contribution in [-0.4, -0.2) is 48.8 Å². The number of amides is 2. The lowest BCUT2D eigenvalue weighted by Crippen LogP contribution is -2.49. The molecule has 0 aromatic carbocycles. The van der Waals surface area contributed by atoms with Gasteiger partial charge in [0.15, 0.2) is 6.61 Å². The molecule has 1 rings (SSSR count). The van der Waals surface area contributed by atoms with Crippen LogP contribution >= 0.6 is 0 Å². The lowest BCUT2D eigenvalue weighted by atomic mass is 10.1. The Morgan fingerprint density at radius 2 is 2.11 bits per heavy atom. The van der Waals surface area contributed by atoms with Crippen molar-refractivity contribution in [3.05, 3.63) is 0 Å². The van der Waals surface area contributed by atoms with E-state index in [-0.39, 0.29) is 18.5 Å². The molecule has 0 aromatic heterocycles. The molecule has 0 spiro atoms. The number of nitrogens with zero attached hydrogens (tertiary/aromatic N) is 1. The summed E-state index contributed by atoms with van der Waals surface area (Å²) in [5.74, 6) is -0.231. The van der Waals surface area contributed by atoms with Gasteiger partial charge >= 0.3 is 12.3 Å². The summed E-state index contributed by atoms with van der Waals surface area (Å²) < 4.78 is 39.8. The predicted molar refractivity (Wildman–Crippen MR) is 55.8 cm³/mol. The Balaban J connectivity index is 2.41. The first-order chi connectivity index (χ1) is 8.28. The molecule has 18 heavy (non-hydrogen) atoms. The van der Waals surface area contributed by atoms with Crippen molar-refractivity contribution < 1.29 is 27.5 Å². The van der Waals surface area contributed by atoms with Crippen LogP contribution < -0.4 is 5.32 Å². The fraction of sp³-hybridized carbons (Fsp3) is 0.800. The van der Waals surface area contributed by atoms with Crippen molar-refractivity contribution in [2.75, 3.05) is 19.7 Å². The van der Waals surface area contributed by atoms with Crippen LogP contribution in [0.25, 0.3) is 0 Å². The number of halogens is 3. The highest BCUT2D eigenvalue weighted by atomic mass is 19.4. The molecule has 1 saturated heterocycles. The van der Waals surface area contributed by atoms with E-state index in [4.69, 9.17) is 0 Å². The van der Waals surface area contributed by atoms with Crippen molar-refractivity contribution >= 4 is 12.0 Å². The normalized spacial score (nSPS) is 20.4. The molecule has 1 aliphatic heterocycles. The van der Waals surface area contributed by atoms with Crippen LogP contribution in [-0.2, 0) is 9.53 Å². The first kappa shape index (κ1) is 14.6. The van der Waals surface area contributed by atoms with Gasteiger partial charge in [-0.2, -0.15) is 13.2 Å². The molecular formula is C10H15F3N2O3. The molecular weight excluding hydrogens is 253 g/mol. The summed E-state index contributed by atoms with van der Waals surface area (Å²) in [5.41, 5.74) is 0. The number of rotatable bonds is 2. The molecule has 1 unspecified atom stereocenters. The molecule has 0 aliphatic carbocycles. The number of carbonyl (C=O) groups excluding carboxylic acids is 2. The van der Waals surface area contributed by atoms with Gasteiger partial charge < -0.3 is 15.0 Å². The zero-order valence-electron chi connectivity index (χ0n) is 9.92. The van der Waals surface area contributed by atoms with E-state index in [1.54, 1.807) is 0 Å². The monoisotopic (exact) mass is 268 g/mol. The van der Waals surface area contributed by atoms with Crippen molar-refractivity contribution in [2.45, 2.75) is 32.0 Å². The highest BCUT2D eigenvalue weighted by Crippen LogP contribution is 2.16. The largest absolute Gasteiger partial charge is 0.440 e. The van der Waals surface area contributed by atoms with E-state index < -0.39 is 18.9 Å². The van der Waals surface area contributed by atoms with Gasteiger partial charge in [0.05, 0.1) is 0 Å². The Morgan fingerprint density at radius 3 is 2.67 bits per heavy atom. The number of alkyl halides is 3. The maximum Gasteiger partial charge on any atom is 0.422 e. The standard InChI is InChI=1S/C10H15F3N2O3/c1-7(16)14-8-3-2-4-15(5-8)9(17)18-6-10(11,12)13/h8H,2-6H2,1H3,(H,14,16). The van der Waals surface area contributed by atoms with Crippen LogP contribution in [0.15, 0.2) is 0 Å². The average molecular weight is 268 g/mol. The van der Waals surface area contributed by atoms with Gasteiger partial charge in [0.25, 0.3) is 0 Å². The zero-order valence-corrected chi connectivity index (χ0v) is 9.92. The van der Waals surface area contributed by atoms with E-state index in [1.165, 1.54) is 11.8 Å². The second-order valence-corrected chi connectivity index (χ2v) is 4.16. The summed E-state index contributed by atoms with van der Waals surface area (Å²) in [6, 6.07) is -0.227. The number of nitrogens with one attached hydrogen (secondary N) is 1. The Labute approximate surface area is 102 Å². The van der Waals surface area contributed by atoms with Crippen molar-refractivity contribution in [1.29, 1.82) is 0 Å². The average Bonchev–Trinajstić information content (AvgIpc) is 2.24. The first-order valence-electron chi connectivity index (χ1n) is 5.53. The number of carbonyl (C=O) groups is 2. The summed E-state index contributed by atoms with van der Waals surface area (Å²) in [4.78, 5) is 23.4. The minimum absolute atomic E-state index is 0.177. The molecule has 0 saturated carbocycles. The Bertz CT molecular complexity index is 320. The van der Waals surface area contributed by atoms with Gasteiger partial charge in [-0.15, -0.1) is 0 Å². The number of piperidine rings is 1. The van der Waals surface area contributed by atoms with E-state index in [1.807, 2.05) is 0 Å². The molecule has 8 heteroatoms.